The average Bonchev–Trinajstić information content (AvgIpc) is 3.40. The Morgan fingerprint density at radius 2 is 1.73 bits per heavy atom. The van der Waals surface area contributed by atoms with Gasteiger partial charge in [0.1, 0.15) is 5.75 Å². The van der Waals surface area contributed by atoms with E-state index >= 15 is 0 Å². The third kappa shape index (κ3) is 7.38. The van der Waals surface area contributed by atoms with Crippen molar-refractivity contribution in [3.8, 4) is 17.0 Å². The number of unbranched alkanes of at least 4 members (excludes halogenated alkanes) is 4. The predicted octanol–water partition coefficient (Wildman–Crippen LogP) is 5.43. The van der Waals surface area contributed by atoms with Gasteiger partial charge in [0.25, 0.3) is 5.91 Å². The molecule has 8 nitrogen and oxygen atoms in total. The molecule has 0 bridgehead atoms. The Hall–Kier alpha value is -2.79. The zero-order chi connectivity index (χ0) is 26.1. The number of carbonyl (C=O) groups excluding carboxylic acids is 1. The molecule has 198 valence electrons. The molecule has 1 aliphatic rings. The van der Waals surface area contributed by atoms with E-state index in [0.29, 0.717) is 49.3 Å². The van der Waals surface area contributed by atoms with Gasteiger partial charge in [0.15, 0.2) is 5.13 Å². The Kier molecular flexibility index (Phi) is 9.68. The molecule has 1 aliphatic heterocycles. The normalized spacial score (nSPS) is 14.4. The van der Waals surface area contributed by atoms with Crippen molar-refractivity contribution in [2.75, 3.05) is 38.2 Å². The van der Waals surface area contributed by atoms with Gasteiger partial charge in [-0.25, -0.2) is 13.4 Å². The van der Waals surface area contributed by atoms with E-state index in [1.807, 2.05) is 5.38 Å². The summed E-state index contributed by atoms with van der Waals surface area (Å²) in [6, 6.07) is 13.7. The molecule has 1 amide bonds. The molecular formula is C27H33N3O5S2. The molecule has 2 aromatic carbocycles. The van der Waals surface area contributed by atoms with Crippen LogP contribution in [0.5, 0.6) is 5.75 Å². The van der Waals surface area contributed by atoms with Gasteiger partial charge in [-0.05, 0) is 42.8 Å². The zero-order valence-electron chi connectivity index (χ0n) is 21.0. The number of hydrogen-bond acceptors (Lipinski definition) is 7. The van der Waals surface area contributed by atoms with E-state index in [2.05, 4.69) is 17.2 Å². The minimum atomic E-state index is -3.55. The summed E-state index contributed by atoms with van der Waals surface area (Å²) in [6.45, 7) is 4.40. The van der Waals surface area contributed by atoms with E-state index in [1.54, 1.807) is 48.5 Å². The van der Waals surface area contributed by atoms with Gasteiger partial charge in [0.05, 0.1) is 30.4 Å². The maximum atomic E-state index is 12.8. The molecule has 1 fully saturated rings. The molecular weight excluding hydrogens is 510 g/mol. The highest BCUT2D eigenvalue weighted by molar-refractivity contribution is 7.89. The van der Waals surface area contributed by atoms with E-state index < -0.39 is 10.0 Å². The molecule has 1 saturated heterocycles. The lowest BCUT2D eigenvalue weighted by molar-refractivity contribution is 0.0730. The second-order valence-electron chi connectivity index (χ2n) is 8.82. The molecule has 1 N–H and O–H groups in total. The van der Waals surface area contributed by atoms with Gasteiger partial charge < -0.3 is 9.47 Å². The zero-order valence-corrected chi connectivity index (χ0v) is 22.7. The van der Waals surface area contributed by atoms with Gasteiger partial charge >= 0.3 is 0 Å². The van der Waals surface area contributed by atoms with Crippen molar-refractivity contribution >= 4 is 32.4 Å². The number of hydrogen-bond donors (Lipinski definition) is 1. The maximum absolute atomic E-state index is 12.8. The minimum absolute atomic E-state index is 0.242. The lowest BCUT2D eigenvalue weighted by Gasteiger charge is -2.26. The number of amides is 1. The van der Waals surface area contributed by atoms with Gasteiger partial charge in [-0.3, -0.25) is 10.1 Å². The Bertz CT molecular complexity index is 1250. The number of thiazole rings is 1. The lowest BCUT2D eigenvalue weighted by atomic mass is 10.2. The number of rotatable bonds is 12. The van der Waals surface area contributed by atoms with Crippen molar-refractivity contribution in [2.45, 2.75) is 43.9 Å². The molecule has 0 saturated carbocycles. The summed E-state index contributed by atoms with van der Waals surface area (Å²) in [5.74, 6) is 0.502. The predicted molar refractivity (Wildman–Crippen MR) is 146 cm³/mol. The number of aromatic nitrogens is 1. The summed E-state index contributed by atoms with van der Waals surface area (Å²) >= 11 is 1.31. The van der Waals surface area contributed by atoms with Crippen LogP contribution in [0.1, 0.15) is 49.4 Å². The Morgan fingerprint density at radius 3 is 2.43 bits per heavy atom. The third-order valence-electron chi connectivity index (χ3n) is 6.12. The number of carbonyl (C=O) groups is 1. The molecule has 3 aromatic rings. The van der Waals surface area contributed by atoms with Crippen LogP contribution in [0.4, 0.5) is 5.13 Å². The van der Waals surface area contributed by atoms with Gasteiger partial charge in [-0.15, -0.1) is 11.3 Å². The number of nitrogens with one attached hydrogen (secondary N) is 1. The Labute approximate surface area is 222 Å². The molecule has 10 heteroatoms. The Morgan fingerprint density at radius 1 is 1.03 bits per heavy atom. The van der Waals surface area contributed by atoms with Crippen LogP contribution in [0.25, 0.3) is 11.3 Å². The summed E-state index contributed by atoms with van der Waals surface area (Å²) in [6.07, 6.45) is 5.92. The number of benzene rings is 2. The average molecular weight is 544 g/mol. The monoisotopic (exact) mass is 543 g/mol. The van der Waals surface area contributed by atoms with Crippen molar-refractivity contribution in [3.05, 3.63) is 59.5 Å². The van der Waals surface area contributed by atoms with Gasteiger partial charge in [-0.2, -0.15) is 4.31 Å². The summed E-state index contributed by atoms with van der Waals surface area (Å²) in [5, 5.41) is 5.13. The molecule has 0 spiro atoms. The first-order valence-corrected chi connectivity index (χ1v) is 15.0. The van der Waals surface area contributed by atoms with Gasteiger partial charge in [0.2, 0.25) is 10.0 Å². The molecule has 0 radical (unpaired) electrons. The van der Waals surface area contributed by atoms with Crippen LogP contribution in [0.3, 0.4) is 0 Å². The fraction of sp³-hybridized carbons (Fsp3) is 0.407. The van der Waals surface area contributed by atoms with E-state index in [-0.39, 0.29) is 10.8 Å². The number of ether oxygens (including phenoxy) is 2. The first-order chi connectivity index (χ1) is 18.0. The largest absolute Gasteiger partial charge is 0.494 e. The number of nitrogens with zero attached hydrogens (tertiary/aromatic N) is 2. The van der Waals surface area contributed by atoms with E-state index in [4.69, 9.17) is 9.47 Å². The highest BCUT2D eigenvalue weighted by atomic mass is 32.2. The highest BCUT2D eigenvalue weighted by Crippen LogP contribution is 2.27. The molecule has 0 atom stereocenters. The van der Waals surface area contributed by atoms with Gasteiger partial charge in [0, 0.05) is 29.6 Å². The molecule has 1 aromatic heterocycles. The number of sulfonamides is 1. The fourth-order valence-electron chi connectivity index (χ4n) is 3.96. The first kappa shape index (κ1) is 27.3. The van der Waals surface area contributed by atoms with E-state index in [0.717, 1.165) is 17.7 Å². The van der Waals surface area contributed by atoms with Crippen LogP contribution in [-0.2, 0) is 14.8 Å². The summed E-state index contributed by atoms with van der Waals surface area (Å²) in [7, 11) is -3.55. The minimum Gasteiger partial charge on any atom is -0.494 e. The van der Waals surface area contributed by atoms with Crippen molar-refractivity contribution in [2.24, 2.45) is 0 Å². The molecule has 0 aliphatic carbocycles. The second kappa shape index (κ2) is 13.1. The summed E-state index contributed by atoms with van der Waals surface area (Å²) in [5.41, 5.74) is 1.96. The van der Waals surface area contributed by atoms with Crippen LogP contribution in [0, 0.1) is 0 Å². The van der Waals surface area contributed by atoms with Crippen molar-refractivity contribution in [3.63, 3.8) is 0 Å². The van der Waals surface area contributed by atoms with Gasteiger partial charge in [-0.1, -0.05) is 44.7 Å². The van der Waals surface area contributed by atoms with Crippen LogP contribution in [0.2, 0.25) is 0 Å². The fourth-order valence-corrected chi connectivity index (χ4v) is 6.09. The maximum Gasteiger partial charge on any atom is 0.257 e. The molecule has 4 rings (SSSR count). The summed E-state index contributed by atoms with van der Waals surface area (Å²) in [4.78, 5) is 17.4. The van der Waals surface area contributed by atoms with Crippen molar-refractivity contribution in [1.29, 1.82) is 0 Å². The van der Waals surface area contributed by atoms with E-state index in [1.165, 1.54) is 41.3 Å². The van der Waals surface area contributed by atoms with Crippen LogP contribution in [-0.4, -0.2) is 56.5 Å². The smallest absolute Gasteiger partial charge is 0.257 e. The SMILES string of the molecule is CCCCCCCOc1ccc(C(=O)Nc2nc(-c3ccc(S(=O)(=O)N4CCOCC4)cc3)cs2)cc1. The Balaban J connectivity index is 1.31. The number of morpholine rings is 1. The van der Waals surface area contributed by atoms with Crippen molar-refractivity contribution < 1.29 is 22.7 Å². The number of anilines is 1. The molecule has 0 unspecified atom stereocenters. The summed E-state index contributed by atoms with van der Waals surface area (Å²) < 4.78 is 38.1. The van der Waals surface area contributed by atoms with Crippen LogP contribution < -0.4 is 10.1 Å². The van der Waals surface area contributed by atoms with Crippen LogP contribution >= 0.6 is 11.3 Å². The van der Waals surface area contributed by atoms with Crippen molar-refractivity contribution in [1.82, 2.24) is 9.29 Å². The quantitative estimate of drug-likeness (QED) is 0.306. The topological polar surface area (TPSA) is 97.8 Å². The molecule has 37 heavy (non-hydrogen) atoms. The lowest BCUT2D eigenvalue weighted by Crippen LogP contribution is -2.40. The standard InChI is InChI=1S/C27H33N3O5S2/c1-2-3-4-5-6-17-35-23-11-7-22(8-12-23)26(31)29-27-28-25(20-36-27)21-9-13-24(14-10-21)37(32,33)30-15-18-34-19-16-30/h7-14,20H,2-6,15-19H2,1H3,(H,28,29,31). The highest BCUT2D eigenvalue weighted by Gasteiger charge is 2.26. The molecule has 2 heterocycles. The first-order valence-electron chi connectivity index (χ1n) is 12.7. The van der Waals surface area contributed by atoms with Crippen LogP contribution in [0.15, 0.2) is 58.8 Å². The third-order valence-corrected chi connectivity index (χ3v) is 8.79. The second-order valence-corrected chi connectivity index (χ2v) is 11.6. The van der Waals surface area contributed by atoms with E-state index in [9.17, 15) is 13.2 Å².